The van der Waals surface area contributed by atoms with Gasteiger partial charge in [0.05, 0.1) is 6.04 Å². The highest BCUT2D eigenvalue weighted by atomic mass is 16.1. The van der Waals surface area contributed by atoms with Crippen molar-refractivity contribution in [1.29, 1.82) is 0 Å². The van der Waals surface area contributed by atoms with E-state index in [1.54, 1.807) is 0 Å². The van der Waals surface area contributed by atoms with Crippen LogP contribution in [0.25, 0.3) is 0 Å². The van der Waals surface area contributed by atoms with Gasteiger partial charge in [-0.2, -0.15) is 0 Å². The lowest BCUT2D eigenvalue weighted by molar-refractivity contribution is -0.123. The lowest BCUT2D eigenvalue weighted by Crippen LogP contribution is -2.29. The molecule has 1 aromatic carbocycles. The Bertz CT molecular complexity index is 390. The summed E-state index contributed by atoms with van der Waals surface area (Å²) in [6.07, 6.45) is 0.540. The van der Waals surface area contributed by atoms with Crippen LogP contribution in [0.5, 0.6) is 0 Å². The molecule has 0 radical (unpaired) electrons. The van der Waals surface area contributed by atoms with E-state index >= 15 is 0 Å². The minimum absolute atomic E-state index is 0.0210. The summed E-state index contributed by atoms with van der Waals surface area (Å²) in [4.78, 5) is 11.8. The molecule has 0 bridgehead atoms. The van der Waals surface area contributed by atoms with Gasteiger partial charge in [0.15, 0.2) is 0 Å². The normalized spacial score (nSPS) is 13.2. The first-order chi connectivity index (χ1) is 8.31. The van der Waals surface area contributed by atoms with Crippen LogP contribution in [0.15, 0.2) is 24.3 Å². The second-order valence-electron chi connectivity index (χ2n) is 5.97. The summed E-state index contributed by atoms with van der Waals surface area (Å²) < 4.78 is 0. The van der Waals surface area contributed by atoms with Crippen molar-refractivity contribution in [3.05, 3.63) is 35.4 Å². The number of hydrogen-bond acceptors (Lipinski definition) is 2. The molecule has 1 unspecified atom stereocenters. The smallest absolute Gasteiger partial charge is 0.220 e. The lowest BCUT2D eigenvalue weighted by atomic mass is 9.91. The number of nitrogens with two attached hydrogens (primary N) is 1. The maximum atomic E-state index is 11.8. The number of hydrogen-bond donors (Lipinski definition) is 2. The zero-order valence-corrected chi connectivity index (χ0v) is 11.8. The van der Waals surface area contributed by atoms with E-state index in [0.29, 0.717) is 13.0 Å². The van der Waals surface area contributed by atoms with Crippen molar-refractivity contribution in [2.24, 2.45) is 11.1 Å². The van der Waals surface area contributed by atoms with Crippen molar-refractivity contribution in [1.82, 2.24) is 5.32 Å². The minimum atomic E-state index is 0.0210. The van der Waals surface area contributed by atoms with Gasteiger partial charge in [-0.25, -0.2) is 0 Å². The minimum Gasteiger partial charge on any atom is -0.350 e. The summed E-state index contributed by atoms with van der Waals surface area (Å²) in [7, 11) is 0. The second kappa shape index (κ2) is 6.01. The molecule has 0 aromatic heterocycles. The number of carbonyl (C=O) groups excluding carboxylic acids is 1. The Kier molecular flexibility index (Phi) is 4.91. The molecule has 0 heterocycles. The maximum absolute atomic E-state index is 11.8. The molecule has 1 atom stereocenters. The number of carbonyl (C=O) groups is 1. The quantitative estimate of drug-likeness (QED) is 0.861. The Balaban J connectivity index is 2.59. The van der Waals surface area contributed by atoms with E-state index < -0.39 is 0 Å². The van der Waals surface area contributed by atoms with E-state index in [4.69, 9.17) is 5.73 Å². The standard InChI is InChI=1S/C15H24N2O/c1-11(17-14(18)9-15(2,3)4)13-7-5-12(10-16)6-8-13/h5-8,11H,9-10,16H2,1-4H3,(H,17,18). The molecule has 18 heavy (non-hydrogen) atoms. The van der Waals surface area contributed by atoms with Crippen LogP contribution in [-0.4, -0.2) is 5.91 Å². The van der Waals surface area contributed by atoms with Crippen molar-refractivity contribution >= 4 is 5.91 Å². The predicted molar refractivity (Wildman–Crippen MR) is 75.0 cm³/mol. The van der Waals surface area contributed by atoms with Gasteiger partial charge in [-0.15, -0.1) is 0 Å². The highest BCUT2D eigenvalue weighted by molar-refractivity contribution is 5.77. The number of nitrogens with one attached hydrogen (secondary N) is 1. The largest absolute Gasteiger partial charge is 0.350 e. The first-order valence-corrected chi connectivity index (χ1v) is 6.40. The monoisotopic (exact) mass is 248 g/mol. The molecule has 3 N–H and O–H groups in total. The molecule has 1 rings (SSSR count). The van der Waals surface area contributed by atoms with Crippen LogP contribution in [0, 0.1) is 5.41 Å². The van der Waals surface area contributed by atoms with E-state index in [-0.39, 0.29) is 17.4 Å². The molecular formula is C15H24N2O. The Morgan fingerprint density at radius 2 is 1.83 bits per heavy atom. The van der Waals surface area contributed by atoms with Crippen LogP contribution < -0.4 is 11.1 Å². The van der Waals surface area contributed by atoms with Gasteiger partial charge in [0, 0.05) is 13.0 Å². The summed E-state index contributed by atoms with van der Waals surface area (Å²) in [6, 6.07) is 8.07. The lowest BCUT2D eigenvalue weighted by Gasteiger charge is -2.20. The summed E-state index contributed by atoms with van der Waals surface area (Å²) in [6.45, 7) is 8.73. The summed E-state index contributed by atoms with van der Waals surface area (Å²) >= 11 is 0. The maximum Gasteiger partial charge on any atom is 0.220 e. The predicted octanol–water partition coefficient (Wildman–Crippen LogP) is 2.76. The first kappa shape index (κ1) is 14.7. The van der Waals surface area contributed by atoms with Gasteiger partial charge in [0.25, 0.3) is 0 Å². The Morgan fingerprint density at radius 3 is 2.28 bits per heavy atom. The van der Waals surface area contributed by atoms with Gasteiger partial charge in [0.1, 0.15) is 0 Å². The molecule has 0 aliphatic rings. The average Bonchev–Trinajstić information content (AvgIpc) is 2.26. The van der Waals surface area contributed by atoms with Gasteiger partial charge in [-0.1, -0.05) is 45.0 Å². The van der Waals surface area contributed by atoms with E-state index in [0.717, 1.165) is 11.1 Å². The van der Waals surface area contributed by atoms with Crippen molar-refractivity contribution in [3.63, 3.8) is 0 Å². The molecule has 0 saturated carbocycles. The van der Waals surface area contributed by atoms with Crippen LogP contribution in [0.2, 0.25) is 0 Å². The van der Waals surface area contributed by atoms with Crippen LogP contribution in [0.3, 0.4) is 0 Å². The van der Waals surface area contributed by atoms with Gasteiger partial charge in [-0.05, 0) is 23.5 Å². The molecule has 0 aliphatic heterocycles. The van der Waals surface area contributed by atoms with Crippen molar-refractivity contribution in [2.75, 3.05) is 0 Å². The fraction of sp³-hybridized carbons (Fsp3) is 0.533. The SMILES string of the molecule is CC(NC(=O)CC(C)(C)C)c1ccc(CN)cc1. The highest BCUT2D eigenvalue weighted by Crippen LogP contribution is 2.19. The summed E-state index contributed by atoms with van der Waals surface area (Å²) in [5.41, 5.74) is 7.79. The first-order valence-electron chi connectivity index (χ1n) is 6.40. The fourth-order valence-corrected chi connectivity index (χ4v) is 1.80. The highest BCUT2D eigenvalue weighted by Gasteiger charge is 2.17. The number of rotatable bonds is 4. The van der Waals surface area contributed by atoms with Crippen LogP contribution in [-0.2, 0) is 11.3 Å². The summed E-state index contributed by atoms with van der Waals surface area (Å²) in [5.74, 6) is 0.0953. The molecule has 3 heteroatoms. The Labute approximate surface area is 110 Å². The zero-order valence-electron chi connectivity index (χ0n) is 11.8. The number of benzene rings is 1. The third-order valence-corrected chi connectivity index (χ3v) is 2.78. The van der Waals surface area contributed by atoms with Crippen molar-refractivity contribution < 1.29 is 4.79 Å². The molecule has 0 aliphatic carbocycles. The van der Waals surface area contributed by atoms with E-state index in [2.05, 4.69) is 26.1 Å². The zero-order chi connectivity index (χ0) is 13.8. The van der Waals surface area contributed by atoms with Crippen LogP contribution >= 0.6 is 0 Å². The topological polar surface area (TPSA) is 55.1 Å². The summed E-state index contributed by atoms with van der Waals surface area (Å²) in [5, 5.41) is 3.02. The molecule has 0 saturated heterocycles. The van der Waals surface area contributed by atoms with Gasteiger partial charge >= 0.3 is 0 Å². The van der Waals surface area contributed by atoms with Crippen molar-refractivity contribution in [3.8, 4) is 0 Å². The van der Waals surface area contributed by atoms with Gasteiger partial charge < -0.3 is 11.1 Å². The third kappa shape index (κ3) is 4.88. The fourth-order valence-electron chi connectivity index (χ4n) is 1.80. The van der Waals surface area contributed by atoms with E-state index in [1.807, 2.05) is 31.2 Å². The molecular weight excluding hydrogens is 224 g/mol. The van der Waals surface area contributed by atoms with Gasteiger partial charge in [0.2, 0.25) is 5.91 Å². The Hall–Kier alpha value is -1.35. The van der Waals surface area contributed by atoms with Gasteiger partial charge in [-0.3, -0.25) is 4.79 Å². The van der Waals surface area contributed by atoms with E-state index in [9.17, 15) is 4.79 Å². The average molecular weight is 248 g/mol. The molecule has 100 valence electrons. The van der Waals surface area contributed by atoms with Crippen LogP contribution in [0.1, 0.15) is 51.3 Å². The molecule has 3 nitrogen and oxygen atoms in total. The molecule has 1 aromatic rings. The van der Waals surface area contributed by atoms with Crippen molar-refractivity contribution in [2.45, 2.75) is 46.7 Å². The van der Waals surface area contributed by atoms with E-state index in [1.165, 1.54) is 0 Å². The number of amides is 1. The molecule has 1 amide bonds. The second-order valence-corrected chi connectivity index (χ2v) is 5.97. The Morgan fingerprint density at radius 1 is 1.28 bits per heavy atom. The molecule has 0 fully saturated rings. The molecule has 0 spiro atoms. The van der Waals surface area contributed by atoms with Crippen LogP contribution in [0.4, 0.5) is 0 Å². The third-order valence-electron chi connectivity index (χ3n) is 2.78.